The standard InChI is InChI=1S/C21H34N4O3S/c1-16-20(17(2)25(23-16)19-10-12-29(27,28)15-19)13-24(3)14-21(26)22-11-9-18-7-5-4-6-8-18/h7,19H,4-6,8-15H2,1-3H3,(H,22,26)/t19-/m1/s1. The van der Waals surface area contributed by atoms with Crippen LogP contribution in [-0.4, -0.2) is 60.6 Å². The van der Waals surface area contributed by atoms with Crippen LogP contribution in [0.15, 0.2) is 11.6 Å². The second-order valence-corrected chi connectivity index (χ2v) is 10.8. The van der Waals surface area contributed by atoms with Crippen LogP contribution in [0.1, 0.15) is 61.5 Å². The molecule has 29 heavy (non-hydrogen) atoms. The Labute approximate surface area is 174 Å². The highest BCUT2D eigenvalue weighted by Gasteiger charge is 2.31. The molecule has 1 atom stereocenters. The Morgan fingerprint density at radius 2 is 2.14 bits per heavy atom. The van der Waals surface area contributed by atoms with Gasteiger partial charge in [0.2, 0.25) is 5.91 Å². The number of aromatic nitrogens is 2. The van der Waals surface area contributed by atoms with Crippen molar-refractivity contribution in [3.63, 3.8) is 0 Å². The third kappa shape index (κ3) is 5.92. The third-order valence-corrected chi connectivity index (χ3v) is 7.77. The number of carbonyl (C=O) groups excluding carboxylic acids is 1. The predicted molar refractivity (Wildman–Crippen MR) is 115 cm³/mol. The summed E-state index contributed by atoms with van der Waals surface area (Å²) in [6, 6.07) is -0.0739. The summed E-state index contributed by atoms with van der Waals surface area (Å²) < 4.78 is 25.5. The Balaban J connectivity index is 1.50. The molecule has 7 nitrogen and oxygen atoms in total. The fraction of sp³-hybridized carbons (Fsp3) is 0.714. The second kappa shape index (κ2) is 9.43. The monoisotopic (exact) mass is 422 g/mol. The van der Waals surface area contributed by atoms with E-state index in [1.54, 1.807) is 0 Å². The lowest BCUT2D eigenvalue weighted by atomic mass is 9.97. The van der Waals surface area contributed by atoms with Gasteiger partial charge in [-0.1, -0.05) is 11.6 Å². The van der Waals surface area contributed by atoms with Gasteiger partial charge in [0.25, 0.3) is 0 Å². The lowest BCUT2D eigenvalue weighted by Crippen LogP contribution is -2.35. The average molecular weight is 423 g/mol. The molecule has 0 aromatic carbocycles. The first-order valence-corrected chi connectivity index (χ1v) is 12.5. The van der Waals surface area contributed by atoms with Crippen LogP contribution < -0.4 is 5.32 Å². The van der Waals surface area contributed by atoms with E-state index in [1.807, 2.05) is 30.5 Å². The number of carbonyl (C=O) groups is 1. The van der Waals surface area contributed by atoms with Gasteiger partial charge in [-0.3, -0.25) is 14.4 Å². The Morgan fingerprint density at radius 1 is 1.34 bits per heavy atom. The maximum absolute atomic E-state index is 12.3. The predicted octanol–water partition coefficient (Wildman–Crippen LogP) is 2.30. The number of allylic oxidation sites excluding steroid dienone is 1. The van der Waals surface area contributed by atoms with Gasteiger partial charge in [-0.05, 0) is 59.4 Å². The van der Waals surface area contributed by atoms with E-state index >= 15 is 0 Å². The summed E-state index contributed by atoms with van der Waals surface area (Å²) in [6.45, 7) is 5.60. The van der Waals surface area contributed by atoms with Crippen LogP contribution in [0.25, 0.3) is 0 Å². The molecule has 1 aliphatic carbocycles. The topological polar surface area (TPSA) is 84.3 Å². The molecule has 1 saturated heterocycles. The minimum absolute atomic E-state index is 0.0356. The molecule has 0 unspecified atom stereocenters. The van der Waals surface area contributed by atoms with Gasteiger partial charge >= 0.3 is 0 Å². The molecule has 0 saturated carbocycles. The van der Waals surface area contributed by atoms with E-state index in [4.69, 9.17) is 0 Å². The smallest absolute Gasteiger partial charge is 0.234 e. The highest BCUT2D eigenvalue weighted by molar-refractivity contribution is 7.91. The fourth-order valence-electron chi connectivity index (χ4n) is 4.37. The number of hydrogen-bond donors (Lipinski definition) is 1. The second-order valence-electron chi connectivity index (χ2n) is 8.53. The van der Waals surface area contributed by atoms with Crippen LogP contribution in [0.4, 0.5) is 0 Å². The number of nitrogens with one attached hydrogen (secondary N) is 1. The van der Waals surface area contributed by atoms with Crippen molar-refractivity contribution in [3.05, 3.63) is 28.6 Å². The minimum atomic E-state index is -2.95. The number of rotatable bonds is 8. The van der Waals surface area contributed by atoms with Gasteiger partial charge in [-0.25, -0.2) is 8.42 Å². The first kappa shape index (κ1) is 22.0. The molecule has 1 aliphatic heterocycles. The summed E-state index contributed by atoms with van der Waals surface area (Å²) in [5.74, 6) is 0.444. The first-order chi connectivity index (χ1) is 13.7. The summed E-state index contributed by atoms with van der Waals surface area (Å²) in [6.07, 6.45) is 8.78. The van der Waals surface area contributed by atoms with Crippen molar-refractivity contribution in [3.8, 4) is 0 Å². The highest BCUT2D eigenvalue weighted by Crippen LogP contribution is 2.27. The number of hydrogen-bond acceptors (Lipinski definition) is 5. The van der Waals surface area contributed by atoms with Crippen LogP contribution in [-0.2, 0) is 21.2 Å². The van der Waals surface area contributed by atoms with Crippen molar-refractivity contribution in [2.45, 2.75) is 65.0 Å². The molecule has 1 amide bonds. The number of nitrogens with zero attached hydrogens (tertiary/aromatic N) is 3. The van der Waals surface area contributed by atoms with Crippen LogP contribution in [0, 0.1) is 13.8 Å². The third-order valence-electron chi connectivity index (χ3n) is 6.02. The molecule has 0 spiro atoms. The van der Waals surface area contributed by atoms with E-state index < -0.39 is 9.84 Å². The van der Waals surface area contributed by atoms with Crippen LogP contribution >= 0.6 is 0 Å². The maximum atomic E-state index is 12.3. The van der Waals surface area contributed by atoms with Gasteiger partial charge in [0.1, 0.15) is 0 Å². The van der Waals surface area contributed by atoms with E-state index in [1.165, 1.54) is 31.3 Å². The Hall–Kier alpha value is -1.67. The molecular formula is C21H34N4O3S. The van der Waals surface area contributed by atoms with Crippen molar-refractivity contribution in [2.24, 2.45) is 0 Å². The van der Waals surface area contributed by atoms with Crippen molar-refractivity contribution >= 4 is 15.7 Å². The average Bonchev–Trinajstić information content (AvgIpc) is 3.16. The Morgan fingerprint density at radius 3 is 2.79 bits per heavy atom. The fourth-order valence-corrected chi connectivity index (χ4v) is 6.06. The summed E-state index contributed by atoms with van der Waals surface area (Å²) in [7, 11) is -1.02. The summed E-state index contributed by atoms with van der Waals surface area (Å²) in [5.41, 5.74) is 4.46. The van der Waals surface area contributed by atoms with Crippen molar-refractivity contribution < 1.29 is 13.2 Å². The van der Waals surface area contributed by atoms with Gasteiger partial charge in [0.15, 0.2) is 9.84 Å². The number of amides is 1. The van der Waals surface area contributed by atoms with Gasteiger partial charge in [-0.2, -0.15) is 5.10 Å². The largest absolute Gasteiger partial charge is 0.355 e. The van der Waals surface area contributed by atoms with E-state index in [0.717, 1.165) is 23.4 Å². The van der Waals surface area contributed by atoms with Gasteiger partial charge in [0.05, 0.1) is 29.8 Å². The van der Waals surface area contributed by atoms with Gasteiger partial charge in [0, 0.05) is 24.3 Å². The van der Waals surface area contributed by atoms with E-state index in [9.17, 15) is 13.2 Å². The lowest BCUT2D eigenvalue weighted by Gasteiger charge is -2.18. The SMILES string of the molecule is Cc1nn([C@@H]2CCS(=O)(=O)C2)c(C)c1CN(C)CC(=O)NCCC1=CCCCC1. The molecule has 2 aliphatic rings. The summed E-state index contributed by atoms with van der Waals surface area (Å²) >= 11 is 0. The number of sulfone groups is 1. The zero-order chi connectivity index (χ0) is 21.0. The number of aryl methyl sites for hydroxylation is 1. The molecule has 1 fully saturated rings. The minimum Gasteiger partial charge on any atom is -0.355 e. The zero-order valence-corrected chi connectivity index (χ0v) is 18.7. The van der Waals surface area contributed by atoms with E-state index in [-0.39, 0.29) is 23.5 Å². The molecule has 162 valence electrons. The molecule has 1 aromatic rings. The van der Waals surface area contributed by atoms with Crippen LogP contribution in [0.3, 0.4) is 0 Å². The van der Waals surface area contributed by atoms with Crippen molar-refractivity contribution in [1.29, 1.82) is 0 Å². The normalized spacial score (nSPS) is 21.4. The molecule has 0 radical (unpaired) electrons. The maximum Gasteiger partial charge on any atom is 0.234 e. The zero-order valence-electron chi connectivity index (χ0n) is 17.9. The molecule has 8 heteroatoms. The van der Waals surface area contributed by atoms with Gasteiger partial charge in [-0.15, -0.1) is 0 Å². The van der Waals surface area contributed by atoms with E-state index in [2.05, 4.69) is 16.5 Å². The molecule has 2 heterocycles. The molecule has 1 N–H and O–H groups in total. The molecular weight excluding hydrogens is 388 g/mol. The number of likely N-dealkylation sites (N-methyl/N-ethyl adjacent to an activating group) is 1. The summed E-state index contributed by atoms with van der Waals surface area (Å²) in [5, 5.41) is 7.64. The van der Waals surface area contributed by atoms with Crippen molar-refractivity contribution in [1.82, 2.24) is 20.0 Å². The molecule has 0 bridgehead atoms. The Kier molecular flexibility index (Phi) is 7.16. The highest BCUT2D eigenvalue weighted by atomic mass is 32.2. The quantitative estimate of drug-likeness (QED) is 0.650. The van der Waals surface area contributed by atoms with Crippen LogP contribution in [0.5, 0.6) is 0 Å². The Bertz CT molecular complexity index is 873. The molecule has 3 rings (SSSR count). The molecule has 1 aromatic heterocycles. The van der Waals surface area contributed by atoms with E-state index in [0.29, 0.717) is 26.1 Å². The van der Waals surface area contributed by atoms with Gasteiger partial charge < -0.3 is 5.32 Å². The first-order valence-electron chi connectivity index (χ1n) is 10.6. The lowest BCUT2D eigenvalue weighted by molar-refractivity contribution is -0.122. The summed E-state index contributed by atoms with van der Waals surface area (Å²) in [4.78, 5) is 14.3. The van der Waals surface area contributed by atoms with Crippen molar-refractivity contribution in [2.75, 3.05) is 31.6 Å². The van der Waals surface area contributed by atoms with Crippen LogP contribution in [0.2, 0.25) is 0 Å².